The second kappa shape index (κ2) is 9.94. The van der Waals surface area contributed by atoms with E-state index < -0.39 is 5.60 Å². The topological polar surface area (TPSA) is 49.9 Å². The third-order valence-corrected chi connectivity index (χ3v) is 5.36. The number of hydrogen-bond donors (Lipinski definition) is 0. The van der Waals surface area contributed by atoms with Crippen molar-refractivity contribution in [3.8, 4) is 0 Å². The Labute approximate surface area is 170 Å². The van der Waals surface area contributed by atoms with Gasteiger partial charge in [-0.2, -0.15) is 0 Å². The van der Waals surface area contributed by atoms with Crippen LogP contribution in [0.15, 0.2) is 24.3 Å². The predicted octanol–water partition coefficient (Wildman–Crippen LogP) is 4.75. The number of likely N-dealkylation sites (tertiary alicyclic amines) is 1. The van der Waals surface area contributed by atoms with Gasteiger partial charge in [0.1, 0.15) is 5.60 Å². The highest BCUT2D eigenvalue weighted by molar-refractivity contribution is 5.94. The first kappa shape index (κ1) is 22.3. The third-order valence-electron chi connectivity index (χ3n) is 5.36. The summed E-state index contributed by atoms with van der Waals surface area (Å²) in [6.45, 7) is 12.7. The lowest BCUT2D eigenvalue weighted by atomic mass is 9.90. The summed E-state index contributed by atoms with van der Waals surface area (Å²) in [6, 6.07) is 8.04. The highest BCUT2D eigenvalue weighted by atomic mass is 16.6. The number of aryl methyl sites for hydroxylation is 1. The molecule has 0 spiro atoms. The average molecular weight is 389 g/mol. The fraction of sp³-hybridized carbons (Fsp3) is 0.652. The smallest absolute Gasteiger partial charge is 0.410 e. The summed E-state index contributed by atoms with van der Waals surface area (Å²) >= 11 is 0. The zero-order valence-electron chi connectivity index (χ0n) is 18.2. The zero-order valence-corrected chi connectivity index (χ0v) is 18.2. The van der Waals surface area contributed by atoms with Crippen molar-refractivity contribution in [3.05, 3.63) is 35.4 Å². The molecule has 0 aliphatic carbocycles. The van der Waals surface area contributed by atoms with Crippen molar-refractivity contribution in [2.75, 3.05) is 26.2 Å². The van der Waals surface area contributed by atoms with Gasteiger partial charge < -0.3 is 14.5 Å². The van der Waals surface area contributed by atoms with Crippen LogP contribution in [0.5, 0.6) is 0 Å². The van der Waals surface area contributed by atoms with Crippen molar-refractivity contribution in [1.82, 2.24) is 9.80 Å². The molecular formula is C23H36N2O3. The van der Waals surface area contributed by atoms with E-state index >= 15 is 0 Å². The number of benzene rings is 1. The van der Waals surface area contributed by atoms with Crippen LogP contribution in [0.25, 0.3) is 0 Å². The molecule has 2 amide bonds. The molecule has 0 atom stereocenters. The average Bonchev–Trinajstić information content (AvgIpc) is 2.66. The summed E-state index contributed by atoms with van der Waals surface area (Å²) in [5, 5.41) is 0. The van der Waals surface area contributed by atoms with E-state index in [1.807, 2.05) is 56.6 Å². The molecule has 28 heavy (non-hydrogen) atoms. The molecule has 2 rings (SSSR count). The Morgan fingerprint density at radius 3 is 2.14 bits per heavy atom. The molecule has 1 saturated heterocycles. The lowest BCUT2D eigenvalue weighted by Crippen LogP contribution is -2.41. The maximum Gasteiger partial charge on any atom is 0.410 e. The van der Waals surface area contributed by atoms with Gasteiger partial charge in [0.05, 0.1) is 0 Å². The molecule has 1 aromatic rings. The van der Waals surface area contributed by atoms with Gasteiger partial charge >= 0.3 is 6.09 Å². The molecule has 0 aromatic heterocycles. The first-order valence-corrected chi connectivity index (χ1v) is 10.6. The van der Waals surface area contributed by atoms with Gasteiger partial charge in [0.25, 0.3) is 5.91 Å². The molecule has 156 valence electrons. The summed E-state index contributed by atoms with van der Waals surface area (Å²) in [7, 11) is 0. The molecular weight excluding hydrogens is 352 g/mol. The Bertz CT molecular complexity index is 637. The van der Waals surface area contributed by atoms with Gasteiger partial charge in [0.2, 0.25) is 0 Å². The van der Waals surface area contributed by atoms with Crippen LogP contribution in [0.4, 0.5) is 4.79 Å². The lowest BCUT2D eigenvalue weighted by molar-refractivity contribution is 0.0181. The van der Waals surface area contributed by atoms with E-state index in [9.17, 15) is 9.59 Å². The minimum atomic E-state index is -0.438. The first-order chi connectivity index (χ1) is 13.2. The van der Waals surface area contributed by atoms with E-state index in [4.69, 9.17) is 4.74 Å². The first-order valence-electron chi connectivity index (χ1n) is 10.6. The Kier molecular flexibility index (Phi) is 7.90. The molecule has 0 bridgehead atoms. The molecule has 0 N–H and O–H groups in total. The molecule has 1 aliphatic heterocycles. The zero-order chi connectivity index (χ0) is 20.7. The normalized spacial score (nSPS) is 15.4. The maximum atomic E-state index is 12.4. The number of carbonyl (C=O) groups excluding carboxylic acids is 2. The van der Waals surface area contributed by atoms with Crippen LogP contribution >= 0.6 is 0 Å². The van der Waals surface area contributed by atoms with Gasteiger partial charge in [-0.05, 0) is 83.9 Å². The Balaban J connectivity index is 1.78. The Morgan fingerprint density at radius 2 is 1.64 bits per heavy atom. The highest BCUT2D eigenvalue weighted by Crippen LogP contribution is 2.24. The van der Waals surface area contributed by atoms with E-state index in [1.165, 1.54) is 5.56 Å². The molecule has 1 aromatic carbocycles. The molecule has 5 heteroatoms. The van der Waals surface area contributed by atoms with Gasteiger partial charge in [-0.25, -0.2) is 4.79 Å². The van der Waals surface area contributed by atoms with Crippen molar-refractivity contribution >= 4 is 12.0 Å². The highest BCUT2D eigenvalue weighted by Gasteiger charge is 2.26. The van der Waals surface area contributed by atoms with Gasteiger partial charge in [-0.1, -0.05) is 12.1 Å². The van der Waals surface area contributed by atoms with E-state index in [-0.39, 0.29) is 12.0 Å². The van der Waals surface area contributed by atoms with Crippen molar-refractivity contribution in [2.45, 2.75) is 65.9 Å². The van der Waals surface area contributed by atoms with E-state index in [2.05, 4.69) is 12.1 Å². The largest absolute Gasteiger partial charge is 0.444 e. The lowest BCUT2D eigenvalue weighted by Gasteiger charge is -2.33. The van der Waals surface area contributed by atoms with Gasteiger partial charge in [0.15, 0.2) is 0 Å². The van der Waals surface area contributed by atoms with Crippen molar-refractivity contribution in [2.24, 2.45) is 5.92 Å². The molecule has 0 unspecified atom stereocenters. The Morgan fingerprint density at radius 1 is 1.07 bits per heavy atom. The fourth-order valence-corrected chi connectivity index (χ4v) is 3.61. The van der Waals surface area contributed by atoms with Gasteiger partial charge in [-0.15, -0.1) is 0 Å². The summed E-state index contributed by atoms with van der Waals surface area (Å²) in [5.74, 6) is 0.738. The fourth-order valence-electron chi connectivity index (χ4n) is 3.61. The van der Waals surface area contributed by atoms with Crippen LogP contribution in [0, 0.1) is 5.92 Å². The number of carbonyl (C=O) groups is 2. The van der Waals surface area contributed by atoms with Gasteiger partial charge in [0, 0.05) is 31.7 Å². The number of hydrogen-bond acceptors (Lipinski definition) is 3. The van der Waals surface area contributed by atoms with E-state index in [1.54, 1.807) is 0 Å². The van der Waals surface area contributed by atoms with Crippen LogP contribution < -0.4 is 0 Å². The van der Waals surface area contributed by atoms with Crippen LogP contribution in [0.2, 0.25) is 0 Å². The second-order valence-electron chi connectivity index (χ2n) is 8.62. The van der Waals surface area contributed by atoms with Crippen molar-refractivity contribution in [1.29, 1.82) is 0 Å². The number of nitrogens with zero attached hydrogens (tertiary/aromatic N) is 2. The molecule has 0 saturated carbocycles. The van der Waals surface area contributed by atoms with E-state index in [0.717, 1.165) is 57.4 Å². The van der Waals surface area contributed by atoms with Crippen LogP contribution in [-0.4, -0.2) is 53.6 Å². The van der Waals surface area contributed by atoms with Crippen LogP contribution in [0.1, 0.15) is 69.8 Å². The Hall–Kier alpha value is -2.04. The standard InChI is InChI=1S/C23H36N2O3/c1-6-24(7-2)21(26)20-12-10-18(11-13-20)8-9-19-14-16-25(17-15-19)22(27)28-23(3,4)5/h10-13,19H,6-9,14-17H2,1-5H3. The summed E-state index contributed by atoms with van der Waals surface area (Å²) < 4.78 is 5.46. The quantitative estimate of drug-likeness (QED) is 0.707. The summed E-state index contributed by atoms with van der Waals surface area (Å²) in [4.78, 5) is 28.2. The minimum absolute atomic E-state index is 0.103. The molecule has 0 radical (unpaired) electrons. The predicted molar refractivity (Wildman–Crippen MR) is 113 cm³/mol. The van der Waals surface area contributed by atoms with E-state index in [0.29, 0.717) is 5.92 Å². The SMILES string of the molecule is CCN(CC)C(=O)c1ccc(CCC2CCN(C(=O)OC(C)(C)C)CC2)cc1. The number of amides is 2. The summed E-state index contributed by atoms with van der Waals surface area (Å²) in [6.07, 6.45) is 3.98. The third kappa shape index (κ3) is 6.54. The number of ether oxygens (including phenoxy) is 1. The van der Waals surface area contributed by atoms with Crippen LogP contribution in [-0.2, 0) is 11.2 Å². The summed E-state index contributed by atoms with van der Waals surface area (Å²) in [5.41, 5.74) is 1.59. The van der Waals surface area contributed by atoms with Gasteiger partial charge in [-0.3, -0.25) is 4.79 Å². The monoisotopic (exact) mass is 388 g/mol. The second-order valence-corrected chi connectivity index (χ2v) is 8.62. The molecule has 5 nitrogen and oxygen atoms in total. The maximum absolute atomic E-state index is 12.4. The molecule has 1 heterocycles. The molecule has 1 aliphatic rings. The van der Waals surface area contributed by atoms with Crippen molar-refractivity contribution < 1.29 is 14.3 Å². The van der Waals surface area contributed by atoms with Crippen LogP contribution in [0.3, 0.4) is 0 Å². The number of rotatable bonds is 6. The molecule has 1 fully saturated rings. The minimum Gasteiger partial charge on any atom is -0.444 e. The van der Waals surface area contributed by atoms with Crippen molar-refractivity contribution in [3.63, 3.8) is 0 Å². The number of piperidine rings is 1.